The number of benzene rings is 1. The second kappa shape index (κ2) is 5.78. The number of hydrogen-bond acceptors (Lipinski definition) is 2. The molecule has 84 valence electrons. The van der Waals surface area contributed by atoms with E-state index in [0.29, 0.717) is 25.2 Å². The van der Waals surface area contributed by atoms with E-state index in [1.54, 1.807) is 0 Å². The molecule has 0 fully saturated rings. The average molecular weight is 215 g/mol. The third-order valence-corrected chi connectivity index (χ3v) is 1.96. The Morgan fingerprint density at radius 1 is 1.27 bits per heavy atom. The van der Waals surface area contributed by atoms with Gasteiger partial charge < -0.3 is 10.5 Å². The third-order valence-electron chi connectivity index (χ3n) is 1.96. The second-order valence-electron chi connectivity index (χ2n) is 3.40. The van der Waals surface area contributed by atoms with E-state index in [2.05, 4.69) is 0 Å². The lowest BCUT2D eigenvalue weighted by molar-refractivity contribution is 0.133. The van der Waals surface area contributed by atoms with Gasteiger partial charge >= 0.3 is 0 Å². The first-order chi connectivity index (χ1) is 7.11. The summed E-state index contributed by atoms with van der Waals surface area (Å²) in [5, 5.41) is 0. The van der Waals surface area contributed by atoms with Crippen molar-refractivity contribution < 1.29 is 13.5 Å². The second-order valence-corrected chi connectivity index (χ2v) is 3.40. The molecule has 1 unspecified atom stereocenters. The van der Waals surface area contributed by atoms with Crippen molar-refractivity contribution >= 4 is 0 Å². The van der Waals surface area contributed by atoms with Gasteiger partial charge in [0, 0.05) is 18.7 Å². The largest absolute Gasteiger partial charge is 0.380 e. The molecule has 1 rings (SSSR count). The van der Waals surface area contributed by atoms with Gasteiger partial charge in [0.15, 0.2) is 0 Å². The molecule has 0 aromatic heterocycles. The third kappa shape index (κ3) is 4.36. The zero-order valence-electron chi connectivity index (χ0n) is 8.67. The minimum absolute atomic E-state index is 0.230. The Bertz CT molecular complexity index is 297. The van der Waals surface area contributed by atoms with Crippen LogP contribution in [-0.4, -0.2) is 19.3 Å². The highest BCUT2D eigenvalue weighted by atomic mass is 19.1. The van der Waals surface area contributed by atoms with Gasteiger partial charge in [0.05, 0.1) is 6.61 Å². The van der Waals surface area contributed by atoms with Crippen LogP contribution in [-0.2, 0) is 11.2 Å². The topological polar surface area (TPSA) is 35.2 Å². The van der Waals surface area contributed by atoms with Gasteiger partial charge in [-0.2, -0.15) is 0 Å². The minimum atomic E-state index is -0.575. The summed E-state index contributed by atoms with van der Waals surface area (Å²) >= 11 is 0. The van der Waals surface area contributed by atoms with Crippen LogP contribution in [0.2, 0.25) is 0 Å². The van der Waals surface area contributed by atoms with Gasteiger partial charge in [0.2, 0.25) is 0 Å². The first kappa shape index (κ1) is 12.1. The number of rotatable bonds is 5. The summed E-state index contributed by atoms with van der Waals surface area (Å²) in [6.45, 7) is 2.86. The number of ether oxygens (including phenoxy) is 1. The van der Waals surface area contributed by atoms with Gasteiger partial charge in [0.25, 0.3) is 0 Å². The van der Waals surface area contributed by atoms with E-state index < -0.39 is 11.6 Å². The van der Waals surface area contributed by atoms with Crippen molar-refractivity contribution in [1.82, 2.24) is 0 Å². The zero-order chi connectivity index (χ0) is 11.3. The van der Waals surface area contributed by atoms with Crippen molar-refractivity contribution in [3.05, 3.63) is 35.4 Å². The van der Waals surface area contributed by atoms with Gasteiger partial charge in [-0.25, -0.2) is 8.78 Å². The highest BCUT2D eigenvalue weighted by Crippen LogP contribution is 2.09. The Balaban J connectivity index is 2.56. The van der Waals surface area contributed by atoms with Gasteiger partial charge in [-0.05, 0) is 31.0 Å². The summed E-state index contributed by atoms with van der Waals surface area (Å²) in [7, 11) is 0. The summed E-state index contributed by atoms with van der Waals surface area (Å²) in [6, 6.07) is 3.19. The van der Waals surface area contributed by atoms with Crippen LogP contribution in [0.1, 0.15) is 12.5 Å². The van der Waals surface area contributed by atoms with E-state index in [-0.39, 0.29) is 6.04 Å². The Kier molecular flexibility index (Phi) is 4.65. The zero-order valence-corrected chi connectivity index (χ0v) is 8.67. The summed E-state index contributed by atoms with van der Waals surface area (Å²) in [4.78, 5) is 0. The molecule has 0 aliphatic heterocycles. The summed E-state index contributed by atoms with van der Waals surface area (Å²) < 4.78 is 30.8. The SMILES string of the molecule is CCOCC(N)Cc1cc(F)cc(F)c1. The molecule has 0 heterocycles. The first-order valence-electron chi connectivity index (χ1n) is 4.90. The normalized spacial score (nSPS) is 12.8. The predicted octanol–water partition coefficient (Wildman–Crippen LogP) is 1.87. The molecule has 0 saturated carbocycles. The van der Waals surface area contributed by atoms with Crippen LogP contribution in [0.3, 0.4) is 0 Å². The molecular weight excluding hydrogens is 200 g/mol. The molecule has 0 saturated heterocycles. The molecule has 1 atom stereocenters. The van der Waals surface area contributed by atoms with Gasteiger partial charge in [-0.3, -0.25) is 0 Å². The van der Waals surface area contributed by atoms with Crippen molar-refractivity contribution in [2.75, 3.05) is 13.2 Å². The van der Waals surface area contributed by atoms with Gasteiger partial charge in [0.1, 0.15) is 11.6 Å². The molecule has 0 aliphatic carbocycles. The van der Waals surface area contributed by atoms with Crippen molar-refractivity contribution in [3.63, 3.8) is 0 Å². The molecule has 2 nitrogen and oxygen atoms in total. The van der Waals surface area contributed by atoms with Crippen LogP contribution in [0.5, 0.6) is 0 Å². The van der Waals surface area contributed by atoms with E-state index in [0.717, 1.165) is 6.07 Å². The van der Waals surface area contributed by atoms with E-state index in [1.807, 2.05) is 6.92 Å². The lowest BCUT2D eigenvalue weighted by atomic mass is 10.1. The lowest BCUT2D eigenvalue weighted by Gasteiger charge is -2.11. The summed E-state index contributed by atoms with van der Waals surface area (Å²) in [5.74, 6) is -1.15. The van der Waals surface area contributed by atoms with Crippen molar-refractivity contribution in [2.24, 2.45) is 5.73 Å². The highest BCUT2D eigenvalue weighted by Gasteiger charge is 2.06. The van der Waals surface area contributed by atoms with E-state index in [9.17, 15) is 8.78 Å². The summed E-state index contributed by atoms with van der Waals surface area (Å²) in [6.07, 6.45) is 0.411. The standard InChI is InChI=1S/C11H15F2NO/c1-2-15-7-11(14)5-8-3-9(12)6-10(13)4-8/h3-4,6,11H,2,5,7,14H2,1H3. The fraction of sp³-hybridized carbons (Fsp3) is 0.455. The Morgan fingerprint density at radius 2 is 1.87 bits per heavy atom. The predicted molar refractivity (Wildman–Crippen MR) is 54.5 cm³/mol. The number of halogens is 2. The average Bonchev–Trinajstić information content (AvgIpc) is 2.13. The van der Waals surface area contributed by atoms with Crippen LogP contribution >= 0.6 is 0 Å². The molecule has 1 aromatic carbocycles. The van der Waals surface area contributed by atoms with E-state index in [1.165, 1.54) is 12.1 Å². The van der Waals surface area contributed by atoms with Crippen molar-refractivity contribution in [2.45, 2.75) is 19.4 Å². The molecule has 0 bridgehead atoms. The maximum absolute atomic E-state index is 12.8. The smallest absolute Gasteiger partial charge is 0.126 e. The monoisotopic (exact) mass is 215 g/mol. The Hall–Kier alpha value is -1.00. The van der Waals surface area contributed by atoms with Crippen molar-refractivity contribution in [1.29, 1.82) is 0 Å². The molecule has 0 spiro atoms. The van der Waals surface area contributed by atoms with Crippen LogP contribution in [0.25, 0.3) is 0 Å². The van der Waals surface area contributed by atoms with Crippen LogP contribution < -0.4 is 5.73 Å². The molecule has 0 radical (unpaired) electrons. The Labute approximate surface area is 88.0 Å². The Morgan fingerprint density at radius 3 is 2.40 bits per heavy atom. The van der Waals surface area contributed by atoms with E-state index in [4.69, 9.17) is 10.5 Å². The fourth-order valence-corrected chi connectivity index (χ4v) is 1.36. The van der Waals surface area contributed by atoms with Gasteiger partial charge in [-0.1, -0.05) is 0 Å². The molecular formula is C11H15F2NO. The van der Waals surface area contributed by atoms with Crippen LogP contribution in [0.15, 0.2) is 18.2 Å². The minimum Gasteiger partial charge on any atom is -0.380 e. The molecule has 4 heteroatoms. The molecule has 0 amide bonds. The van der Waals surface area contributed by atoms with Gasteiger partial charge in [-0.15, -0.1) is 0 Å². The summed E-state index contributed by atoms with van der Waals surface area (Å²) in [5.41, 5.74) is 6.28. The molecule has 0 aliphatic rings. The molecule has 1 aromatic rings. The molecule has 2 N–H and O–H groups in total. The van der Waals surface area contributed by atoms with Crippen LogP contribution in [0, 0.1) is 11.6 Å². The first-order valence-corrected chi connectivity index (χ1v) is 4.90. The fourth-order valence-electron chi connectivity index (χ4n) is 1.36. The van der Waals surface area contributed by atoms with E-state index >= 15 is 0 Å². The van der Waals surface area contributed by atoms with Crippen molar-refractivity contribution in [3.8, 4) is 0 Å². The quantitative estimate of drug-likeness (QED) is 0.813. The maximum Gasteiger partial charge on any atom is 0.126 e. The highest BCUT2D eigenvalue weighted by molar-refractivity contribution is 5.18. The lowest BCUT2D eigenvalue weighted by Crippen LogP contribution is -2.28. The molecule has 15 heavy (non-hydrogen) atoms. The maximum atomic E-state index is 12.8. The number of nitrogens with two attached hydrogens (primary N) is 1. The van der Waals surface area contributed by atoms with Crippen LogP contribution in [0.4, 0.5) is 8.78 Å². The number of hydrogen-bond donors (Lipinski definition) is 1.